The van der Waals surface area contributed by atoms with E-state index in [-0.39, 0.29) is 22.8 Å². The van der Waals surface area contributed by atoms with Crippen molar-refractivity contribution in [3.63, 3.8) is 0 Å². The van der Waals surface area contributed by atoms with Gasteiger partial charge >= 0.3 is 0 Å². The summed E-state index contributed by atoms with van der Waals surface area (Å²) in [7, 11) is 0. The van der Waals surface area contributed by atoms with Gasteiger partial charge in [-0.1, -0.05) is 26.3 Å². The number of aryl methyl sites for hydroxylation is 1. The van der Waals surface area contributed by atoms with Crippen molar-refractivity contribution in [1.29, 1.82) is 0 Å². The molecule has 8 nitrogen and oxygen atoms in total. The van der Waals surface area contributed by atoms with Gasteiger partial charge in [-0.2, -0.15) is 0 Å². The van der Waals surface area contributed by atoms with E-state index in [9.17, 15) is 4.79 Å². The van der Waals surface area contributed by atoms with E-state index in [0.29, 0.717) is 17.1 Å². The molecule has 0 radical (unpaired) electrons. The smallest absolute Gasteiger partial charge is 0.254 e. The van der Waals surface area contributed by atoms with Gasteiger partial charge < -0.3 is 9.88 Å². The zero-order valence-corrected chi connectivity index (χ0v) is 21.5. The van der Waals surface area contributed by atoms with Gasteiger partial charge in [0.25, 0.3) is 5.91 Å². The molecule has 8 heteroatoms. The molecular weight excluding hydrogens is 462 g/mol. The van der Waals surface area contributed by atoms with Crippen molar-refractivity contribution in [3.8, 4) is 0 Å². The summed E-state index contributed by atoms with van der Waals surface area (Å²) >= 11 is 0. The number of aromatic nitrogens is 4. The predicted octanol–water partition coefficient (Wildman–Crippen LogP) is 4.80. The number of carbonyl (C=O) groups is 1. The van der Waals surface area contributed by atoms with Gasteiger partial charge in [0.15, 0.2) is 5.84 Å². The molecule has 37 heavy (non-hydrogen) atoms. The molecule has 3 aromatic rings. The van der Waals surface area contributed by atoms with Gasteiger partial charge in [-0.05, 0) is 55.0 Å². The van der Waals surface area contributed by atoms with Crippen molar-refractivity contribution in [2.75, 3.05) is 6.54 Å². The molecular formula is C29H29N7O. The normalized spacial score (nSPS) is 25.9. The number of benzene rings is 1. The molecule has 2 bridgehead atoms. The number of nitrogens with one attached hydrogen (secondary N) is 1. The van der Waals surface area contributed by atoms with Crippen LogP contribution in [0.5, 0.6) is 0 Å². The lowest BCUT2D eigenvalue weighted by atomic mass is 9.50. The topological polar surface area (TPSA) is 99.5 Å². The lowest BCUT2D eigenvalue weighted by Crippen LogP contribution is -2.62. The monoisotopic (exact) mass is 491 g/mol. The number of imidazole rings is 1. The molecule has 2 aliphatic carbocycles. The Bertz CT molecular complexity index is 1600. The summed E-state index contributed by atoms with van der Waals surface area (Å²) in [5, 5.41) is 0. The number of hydrogen-bond acceptors (Lipinski definition) is 6. The zero-order valence-electron chi connectivity index (χ0n) is 21.5. The van der Waals surface area contributed by atoms with Crippen LogP contribution in [-0.4, -0.2) is 54.9 Å². The van der Waals surface area contributed by atoms with Crippen molar-refractivity contribution in [3.05, 3.63) is 76.8 Å². The molecule has 1 amide bonds. The SMILES string of the molecule is Cc1cnc(C2=NC3=CC4=C(CC3=N2)C[C@H]2N(C(=O)c3ccc5nc[nH]c5c3)CC[C@]4(C)C2(C)C)cn1. The van der Waals surface area contributed by atoms with Crippen LogP contribution in [0.25, 0.3) is 11.0 Å². The third-order valence-electron chi connectivity index (χ3n) is 9.26. The summed E-state index contributed by atoms with van der Waals surface area (Å²) in [5.74, 6) is 0.724. The number of H-pyrrole nitrogens is 1. The predicted molar refractivity (Wildman–Crippen MR) is 143 cm³/mol. The molecule has 2 atom stereocenters. The van der Waals surface area contributed by atoms with Crippen molar-refractivity contribution in [2.45, 2.75) is 53.0 Å². The highest BCUT2D eigenvalue weighted by Gasteiger charge is 2.58. The van der Waals surface area contributed by atoms with Gasteiger partial charge in [0, 0.05) is 36.2 Å². The van der Waals surface area contributed by atoms with Crippen molar-refractivity contribution < 1.29 is 4.79 Å². The second kappa shape index (κ2) is 7.54. The number of likely N-dealkylation sites (tertiary alicyclic amines) is 1. The lowest BCUT2D eigenvalue weighted by Gasteiger charge is -2.61. The Morgan fingerprint density at radius 1 is 1.11 bits per heavy atom. The Morgan fingerprint density at radius 2 is 1.97 bits per heavy atom. The minimum absolute atomic E-state index is 0.0597. The summed E-state index contributed by atoms with van der Waals surface area (Å²) in [6, 6.07) is 5.85. The number of amides is 1. The van der Waals surface area contributed by atoms with Crippen molar-refractivity contribution in [2.24, 2.45) is 20.8 Å². The van der Waals surface area contributed by atoms with Gasteiger partial charge in [-0.25, -0.2) is 20.0 Å². The van der Waals surface area contributed by atoms with E-state index in [1.165, 1.54) is 11.1 Å². The standard InChI is InChI=1S/C29H29N7O/c1-16-13-31-24(14-30-16)26-34-22-10-18-11-25-28(2,3)29(4,19(18)12-23(22)35-26)7-8-36(25)27(37)17-5-6-20-21(9-17)33-15-32-20/h5-6,9,12-15,25H,7-8,10-11H2,1-4H3,(H,32,33)/t25-,29+/m1/s1. The minimum Gasteiger partial charge on any atom is -0.345 e. The molecule has 1 aromatic carbocycles. The van der Waals surface area contributed by atoms with Gasteiger partial charge in [-0.15, -0.1) is 0 Å². The Hall–Kier alpha value is -3.94. The van der Waals surface area contributed by atoms with E-state index in [1.54, 1.807) is 18.7 Å². The quantitative estimate of drug-likeness (QED) is 0.557. The van der Waals surface area contributed by atoms with Crippen LogP contribution in [0.3, 0.4) is 0 Å². The zero-order chi connectivity index (χ0) is 25.5. The molecule has 0 unspecified atom stereocenters. The van der Waals surface area contributed by atoms with E-state index in [1.807, 2.05) is 25.1 Å². The average Bonchev–Trinajstić information content (AvgIpc) is 3.52. The van der Waals surface area contributed by atoms with E-state index in [2.05, 4.69) is 51.7 Å². The maximum atomic E-state index is 13.8. The fourth-order valence-electron chi connectivity index (χ4n) is 6.66. The molecule has 2 aliphatic heterocycles. The number of amidine groups is 1. The molecule has 186 valence electrons. The average molecular weight is 492 g/mol. The first-order chi connectivity index (χ1) is 17.7. The van der Waals surface area contributed by atoms with E-state index >= 15 is 0 Å². The summed E-state index contributed by atoms with van der Waals surface area (Å²) in [5.41, 5.74) is 8.56. The number of rotatable bonds is 2. The first-order valence-electron chi connectivity index (χ1n) is 12.9. The summed E-state index contributed by atoms with van der Waals surface area (Å²) < 4.78 is 0. The third kappa shape index (κ3) is 3.14. The van der Waals surface area contributed by atoms with Crippen LogP contribution >= 0.6 is 0 Å². The fraction of sp³-hybridized carbons (Fsp3) is 0.379. The Balaban J connectivity index is 1.23. The van der Waals surface area contributed by atoms with Gasteiger partial charge in [0.05, 0.1) is 40.7 Å². The molecule has 7 rings (SSSR count). The van der Waals surface area contributed by atoms with Gasteiger partial charge in [-0.3, -0.25) is 9.78 Å². The van der Waals surface area contributed by atoms with E-state index in [0.717, 1.165) is 53.9 Å². The van der Waals surface area contributed by atoms with Crippen molar-refractivity contribution in [1.82, 2.24) is 24.8 Å². The third-order valence-corrected chi connectivity index (χ3v) is 9.26. The highest BCUT2D eigenvalue weighted by atomic mass is 16.2. The van der Waals surface area contributed by atoms with Crippen LogP contribution in [0.1, 0.15) is 61.8 Å². The fourth-order valence-corrected chi connectivity index (χ4v) is 6.66. The van der Waals surface area contributed by atoms with Crippen molar-refractivity contribution >= 4 is 28.5 Å². The summed E-state index contributed by atoms with van der Waals surface area (Å²) in [6.45, 7) is 9.68. The number of piperidine rings is 1. The highest BCUT2D eigenvalue weighted by molar-refractivity contribution is 6.18. The van der Waals surface area contributed by atoms with Crippen LogP contribution < -0.4 is 0 Å². The number of aromatic amines is 1. The maximum absolute atomic E-state index is 13.8. The number of hydrogen-bond donors (Lipinski definition) is 1. The number of carbonyl (C=O) groups excluding carboxylic acids is 1. The van der Waals surface area contributed by atoms with Crippen LogP contribution in [-0.2, 0) is 0 Å². The molecule has 1 saturated heterocycles. The van der Waals surface area contributed by atoms with Crippen LogP contribution in [0.15, 0.2) is 69.8 Å². The van der Waals surface area contributed by atoms with Gasteiger partial charge in [0.1, 0.15) is 5.69 Å². The molecule has 2 aromatic heterocycles. The molecule has 1 N–H and O–H groups in total. The van der Waals surface area contributed by atoms with Crippen LogP contribution in [0.2, 0.25) is 0 Å². The van der Waals surface area contributed by atoms with Crippen LogP contribution in [0.4, 0.5) is 0 Å². The molecule has 4 heterocycles. The lowest BCUT2D eigenvalue weighted by molar-refractivity contribution is -0.0461. The van der Waals surface area contributed by atoms with E-state index in [4.69, 9.17) is 9.98 Å². The first kappa shape index (κ1) is 22.3. The first-order valence-corrected chi connectivity index (χ1v) is 12.9. The molecule has 0 saturated carbocycles. The minimum atomic E-state index is -0.100. The number of allylic oxidation sites excluding steroid dienone is 3. The van der Waals surface area contributed by atoms with Crippen LogP contribution in [0, 0.1) is 17.8 Å². The summed E-state index contributed by atoms with van der Waals surface area (Å²) in [4.78, 5) is 41.9. The maximum Gasteiger partial charge on any atom is 0.254 e. The Labute approximate surface area is 215 Å². The van der Waals surface area contributed by atoms with Gasteiger partial charge in [0.2, 0.25) is 0 Å². The van der Waals surface area contributed by atoms with E-state index < -0.39 is 0 Å². The largest absolute Gasteiger partial charge is 0.345 e. The molecule has 4 aliphatic rings. The second-order valence-electron chi connectivity index (χ2n) is 11.4. The number of aliphatic imine (C=N–C) groups is 2. The summed E-state index contributed by atoms with van der Waals surface area (Å²) in [6.07, 6.45) is 9.93. The molecule has 1 fully saturated rings. The number of fused-ring (bicyclic) bond motifs is 5. The second-order valence-corrected chi connectivity index (χ2v) is 11.4. The number of nitrogens with zero attached hydrogens (tertiary/aromatic N) is 6. The Morgan fingerprint density at radius 3 is 2.78 bits per heavy atom. The Kier molecular flexibility index (Phi) is 4.54. The highest BCUT2D eigenvalue weighted by Crippen LogP contribution is 2.61. The molecule has 0 spiro atoms.